The Hall–Kier alpha value is -0.180. The predicted molar refractivity (Wildman–Crippen MR) is 117 cm³/mol. The molecule has 0 unspecified atom stereocenters. The third kappa shape index (κ3) is 9.34. The molecule has 0 aromatic carbocycles. The highest BCUT2D eigenvalue weighted by Gasteiger charge is 2.24. The van der Waals surface area contributed by atoms with Gasteiger partial charge in [0.25, 0.3) is 0 Å². The first kappa shape index (κ1) is 23.8. The Morgan fingerprint density at radius 1 is 1.29 bits per heavy atom. The van der Waals surface area contributed by atoms with E-state index in [1.165, 1.54) is 12.2 Å². The summed E-state index contributed by atoms with van der Waals surface area (Å²) in [6, 6.07) is 0.412. The zero-order chi connectivity index (χ0) is 17.1. The van der Waals surface area contributed by atoms with Crippen molar-refractivity contribution in [2.24, 2.45) is 10.9 Å². The molecule has 1 heterocycles. The molecule has 0 spiro atoms. The number of rotatable bonds is 8. The predicted octanol–water partition coefficient (Wildman–Crippen LogP) is 2.95. The van der Waals surface area contributed by atoms with Crippen molar-refractivity contribution in [3.63, 3.8) is 0 Å². The van der Waals surface area contributed by atoms with Gasteiger partial charge in [0.15, 0.2) is 5.96 Å². The average Bonchev–Trinajstić information content (AvgIpc) is 2.54. The number of nitrogens with one attached hydrogen (secondary N) is 2. The van der Waals surface area contributed by atoms with Crippen LogP contribution in [0.15, 0.2) is 4.99 Å². The third-order valence-electron chi connectivity index (χ3n) is 4.01. The van der Waals surface area contributed by atoms with Gasteiger partial charge in [-0.3, -0.25) is 9.79 Å². The Morgan fingerprint density at radius 2 is 1.96 bits per heavy atom. The van der Waals surface area contributed by atoms with Crippen LogP contribution in [0.25, 0.3) is 0 Å². The average molecular weight is 470 g/mol. The van der Waals surface area contributed by atoms with Crippen molar-refractivity contribution in [2.75, 3.05) is 38.2 Å². The van der Waals surface area contributed by atoms with Gasteiger partial charge in [-0.2, -0.15) is 11.8 Å². The maximum atomic E-state index is 12.0. The zero-order valence-electron chi connectivity index (χ0n) is 15.6. The van der Waals surface area contributed by atoms with Gasteiger partial charge in [-0.15, -0.1) is 24.0 Å². The number of nitrogens with zero attached hydrogens (tertiary/aromatic N) is 2. The minimum atomic E-state index is 0. The number of thioether (sulfide) groups is 1. The molecule has 0 aromatic heterocycles. The van der Waals surface area contributed by atoms with Crippen LogP contribution in [0.1, 0.15) is 46.5 Å². The fraction of sp³-hybridized carbons (Fsp3) is 0.882. The largest absolute Gasteiger partial charge is 0.357 e. The number of carbonyl (C=O) groups excluding carboxylic acids is 1. The second kappa shape index (κ2) is 14.0. The third-order valence-corrected chi connectivity index (χ3v) is 4.71. The summed E-state index contributed by atoms with van der Waals surface area (Å²) in [4.78, 5) is 18.7. The molecular formula is C17H35IN4OS. The maximum absolute atomic E-state index is 12.0. The van der Waals surface area contributed by atoms with Gasteiger partial charge in [0.05, 0.1) is 0 Å². The molecule has 0 aliphatic carbocycles. The van der Waals surface area contributed by atoms with Crippen LogP contribution in [0, 0.1) is 5.92 Å². The molecule has 1 aliphatic heterocycles. The van der Waals surface area contributed by atoms with Crippen LogP contribution < -0.4 is 10.6 Å². The number of guanidine groups is 1. The number of aliphatic imine (C=N–C) groups is 1. The Labute approximate surface area is 169 Å². The van der Waals surface area contributed by atoms with Gasteiger partial charge in [-0.05, 0) is 44.6 Å². The van der Waals surface area contributed by atoms with Gasteiger partial charge in [-0.25, -0.2) is 0 Å². The summed E-state index contributed by atoms with van der Waals surface area (Å²) in [7, 11) is 0. The van der Waals surface area contributed by atoms with Crippen molar-refractivity contribution in [1.29, 1.82) is 0 Å². The van der Waals surface area contributed by atoms with E-state index >= 15 is 0 Å². The highest BCUT2D eigenvalue weighted by atomic mass is 127. The fourth-order valence-electron chi connectivity index (χ4n) is 2.67. The minimum Gasteiger partial charge on any atom is -0.357 e. The van der Waals surface area contributed by atoms with Crippen LogP contribution in [0.5, 0.6) is 0 Å². The molecule has 24 heavy (non-hydrogen) atoms. The molecule has 2 N–H and O–H groups in total. The Morgan fingerprint density at radius 3 is 2.50 bits per heavy atom. The molecule has 5 nitrogen and oxygen atoms in total. The van der Waals surface area contributed by atoms with Gasteiger partial charge in [0.2, 0.25) is 5.91 Å². The molecule has 142 valence electrons. The number of carbonyl (C=O) groups is 1. The van der Waals surface area contributed by atoms with Gasteiger partial charge >= 0.3 is 0 Å². The van der Waals surface area contributed by atoms with Crippen LogP contribution in [0.4, 0.5) is 0 Å². The number of hydrogen-bond acceptors (Lipinski definition) is 3. The van der Waals surface area contributed by atoms with E-state index in [0.29, 0.717) is 6.04 Å². The molecule has 0 radical (unpaired) electrons. The van der Waals surface area contributed by atoms with Crippen molar-refractivity contribution >= 4 is 47.6 Å². The van der Waals surface area contributed by atoms with Crippen molar-refractivity contribution in [2.45, 2.75) is 52.5 Å². The molecule has 1 fully saturated rings. The lowest BCUT2D eigenvalue weighted by molar-refractivity contribution is -0.135. The SMILES string of the molecule is CCNC(=NCCCCSC)NC1CCN(C(=O)C(C)C)CC1.I. The molecule has 1 saturated heterocycles. The van der Waals surface area contributed by atoms with Crippen LogP contribution in [-0.2, 0) is 4.79 Å². The van der Waals surface area contributed by atoms with E-state index < -0.39 is 0 Å². The highest BCUT2D eigenvalue weighted by Crippen LogP contribution is 2.13. The van der Waals surface area contributed by atoms with Crippen molar-refractivity contribution in [3.05, 3.63) is 0 Å². The lowest BCUT2D eigenvalue weighted by Crippen LogP contribution is -2.50. The first-order valence-electron chi connectivity index (χ1n) is 8.91. The number of amides is 1. The number of piperidine rings is 1. The molecule has 0 bridgehead atoms. The summed E-state index contributed by atoms with van der Waals surface area (Å²) in [5, 5.41) is 6.86. The fourth-order valence-corrected chi connectivity index (χ4v) is 3.16. The van der Waals surface area contributed by atoms with E-state index in [0.717, 1.165) is 51.4 Å². The minimum absolute atomic E-state index is 0. The van der Waals surface area contributed by atoms with E-state index in [4.69, 9.17) is 0 Å². The molecular weight excluding hydrogens is 435 g/mol. The quantitative estimate of drug-likeness (QED) is 0.248. The van der Waals surface area contributed by atoms with E-state index in [2.05, 4.69) is 28.8 Å². The van der Waals surface area contributed by atoms with E-state index in [1.54, 1.807) is 0 Å². The smallest absolute Gasteiger partial charge is 0.225 e. The molecule has 0 aromatic rings. The number of likely N-dealkylation sites (tertiary alicyclic amines) is 1. The molecule has 7 heteroatoms. The standard InChI is InChI=1S/C17H34N4OS.HI/c1-5-18-17(19-10-6-7-13-23-4)20-15-8-11-21(12-9-15)16(22)14(2)3;/h14-15H,5-13H2,1-4H3,(H2,18,19,20);1H. The van der Waals surface area contributed by atoms with E-state index in [1.807, 2.05) is 30.5 Å². The van der Waals surface area contributed by atoms with Crippen LogP contribution in [-0.4, -0.2) is 61.0 Å². The van der Waals surface area contributed by atoms with Gasteiger partial charge in [0.1, 0.15) is 0 Å². The zero-order valence-corrected chi connectivity index (χ0v) is 18.8. The Kier molecular flexibility index (Phi) is 13.9. The summed E-state index contributed by atoms with van der Waals surface area (Å²) < 4.78 is 0. The highest BCUT2D eigenvalue weighted by molar-refractivity contribution is 14.0. The Bertz CT molecular complexity index is 372. The monoisotopic (exact) mass is 470 g/mol. The van der Waals surface area contributed by atoms with Gasteiger partial charge < -0.3 is 15.5 Å². The van der Waals surface area contributed by atoms with Gasteiger partial charge in [0, 0.05) is 38.1 Å². The normalized spacial score (nSPS) is 16.0. The lowest BCUT2D eigenvalue weighted by atomic mass is 10.0. The van der Waals surface area contributed by atoms with E-state index in [9.17, 15) is 4.79 Å². The summed E-state index contributed by atoms with van der Waals surface area (Å²) in [5.41, 5.74) is 0. The van der Waals surface area contributed by atoms with Crippen LogP contribution in [0.2, 0.25) is 0 Å². The Balaban J connectivity index is 0.00000529. The van der Waals surface area contributed by atoms with Crippen LogP contribution >= 0.6 is 35.7 Å². The second-order valence-electron chi connectivity index (χ2n) is 6.36. The molecule has 0 atom stereocenters. The van der Waals surface area contributed by atoms with Gasteiger partial charge in [-0.1, -0.05) is 13.8 Å². The van der Waals surface area contributed by atoms with Crippen LogP contribution in [0.3, 0.4) is 0 Å². The summed E-state index contributed by atoms with van der Waals surface area (Å²) >= 11 is 1.89. The molecule has 1 rings (SSSR count). The number of unbranched alkanes of at least 4 members (excludes halogenated alkanes) is 1. The topological polar surface area (TPSA) is 56.7 Å². The van der Waals surface area contributed by atoms with Crippen molar-refractivity contribution < 1.29 is 4.79 Å². The van der Waals surface area contributed by atoms with E-state index in [-0.39, 0.29) is 35.8 Å². The molecule has 1 amide bonds. The first-order chi connectivity index (χ1) is 11.1. The molecule has 0 saturated carbocycles. The first-order valence-corrected chi connectivity index (χ1v) is 10.3. The lowest BCUT2D eigenvalue weighted by Gasteiger charge is -2.34. The summed E-state index contributed by atoms with van der Waals surface area (Å²) in [6.07, 6.45) is 6.49. The summed E-state index contributed by atoms with van der Waals surface area (Å²) in [5.74, 6) is 2.50. The summed E-state index contributed by atoms with van der Waals surface area (Å²) in [6.45, 7) is 9.49. The number of hydrogen-bond donors (Lipinski definition) is 2. The van der Waals surface area contributed by atoms with Crippen molar-refractivity contribution in [1.82, 2.24) is 15.5 Å². The maximum Gasteiger partial charge on any atom is 0.225 e. The molecule has 1 aliphatic rings. The number of halogens is 1. The van der Waals surface area contributed by atoms with Crippen molar-refractivity contribution in [3.8, 4) is 0 Å². The second-order valence-corrected chi connectivity index (χ2v) is 7.34.